The van der Waals surface area contributed by atoms with E-state index in [9.17, 15) is 0 Å². The summed E-state index contributed by atoms with van der Waals surface area (Å²) in [6, 6.07) is 0. The second-order valence-corrected chi connectivity index (χ2v) is 6.06. The fourth-order valence-electron chi connectivity index (χ4n) is 1.52. The van der Waals surface area contributed by atoms with Gasteiger partial charge in [0.2, 0.25) is 5.88 Å². The zero-order valence-electron chi connectivity index (χ0n) is 12.0. The van der Waals surface area contributed by atoms with Crippen molar-refractivity contribution in [1.29, 1.82) is 0 Å². The van der Waals surface area contributed by atoms with E-state index in [0.29, 0.717) is 12.5 Å². The molecule has 0 bridgehead atoms. The zero-order chi connectivity index (χ0) is 13.8. The molecule has 0 spiro atoms. The molecule has 6 heteroatoms. The fourth-order valence-corrected chi connectivity index (χ4v) is 2.41. The second-order valence-electron chi connectivity index (χ2n) is 4.99. The van der Waals surface area contributed by atoms with Crippen LogP contribution < -0.4 is 15.0 Å². The monoisotopic (exact) mass is 273 g/mol. The molecular formula is C12H23N3O2S. The Labute approximate surface area is 113 Å². The van der Waals surface area contributed by atoms with Crippen LogP contribution in [0.1, 0.15) is 18.7 Å². The van der Waals surface area contributed by atoms with Crippen molar-refractivity contribution < 1.29 is 9.47 Å². The highest BCUT2D eigenvalue weighted by Crippen LogP contribution is 2.30. The maximum Gasteiger partial charge on any atom is 0.230 e. The van der Waals surface area contributed by atoms with Gasteiger partial charge in [0.15, 0.2) is 5.13 Å². The third kappa shape index (κ3) is 4.12. The lowest BCUT2D eigenvalue weighted by Gasteiger charge is -2.25. The summed E-state index contributed by atoms with van der Waals surface area (Å²) in [4.78, 5) is 7.51. The van der Waals surface area contributed by atoms with E-state index < -0.39 is 0 Å². The molecule has 1 rings (SSSR count). The molecule has 0 fully saturated rings. The Balaban J connectivity index is 2.72. The van der Waals surface area contributed by atoms with Crippen molar-refractivity contribution in [3.8, 4) is 5.88 Å². The summed E-state index contributed by atoms with van der Waals surface area (Å²) in [6.07, 6.45) is 0. The van der Waals surface area contributed by atoms with E-state index in [1.807, 2.05) is 19.0 Å². The second kappa shape index (κ2) is 6.36. The first kappa shape index (κ1) is 15.2. The molecule has 5 nitrogen and oxygen atoms in total. The predicted molar refractivity (Wildman–Crippen MR) is 75.8 cm³/mol. The molecule has 0 aliphatic heterocycles. The molecule has 0 unspecified atom stereocenters. The molecule has 0 saturated carbocycles. The van der Waals surface area contributed by atoms with Crippen LogP contribution in [0.3, 0.4) is 0 Å². The number of aromatic nitrogens is 1. The van der Waals surface area contributed by atoms with E-state index >= 15 is 0 Å². The van der Waals surface area contributed by atoms with Gasteiger partial charge in [-0.25, -0.2) is 0 Å². The van der Waals surface area contributed by atoms with Crippen molar-refractivity contribution in [2.24, 2.45) is 0 Å². The molecule has 1 aromatic heterocycles. The van der Waals surface area contributed by atoms with Gasteiger partial charge in [-0.1, -0.05) is 11.3 Å². The number of thiazole rings is 1. The molecule has 104 valence electrons. The van der Waals surface area contributed by atoms with Crippen LogP contribution in [0, 0.1) is 0 Å². The van der Waals surface area contributed by atoms with Gasteiger partial charge in [-0.3, -0.25) is 0 Å². The molecule has 0 aromatic carbocycles. The first-order chi connectivity index (χ1) is 8.39. The van der Waals surface area contributed by atoms with Crippen LogP contribution in [0.15, 0.2) is 0 Å². The van der Waals surface area contributed by atoms with E-state index in [0.717, 1.165) is 16.6 Å². The van der Waals surface area contributed by atoms with E-state index in [-0.39, 0.29) is 5.54 Å². The van der Waals surface area contributed by atoms with E-state index in [1.54, 1.807) is 25.6 Å². The number of nitrogens with zero attached hydrogens (tertiary/aromatic N) is 2. The molecule has 1 heterocycles. The SMILES string of the molecule is COCC(C)(C)NCc1sc(N(C)C)nc1OC. The molecule has 1 N–H and O–H groups in total. The Morgan fingerprint density at radius 3 is 2.50 bits per heavy atom. The minimum Gasteiger partial charge on any atom is -0.480 e. The molecule has 0 atom stereocenters. The number of methoxy groups -OCH3 is 2. The molecule has 0 saturated heterocycles. The van der Waals surface area contributed by atoms with Gasteiger partial charge < -0.3 is 19.7 Å². The van der Waals surface area contributed by atoms with Crippen molar-refractivity contribution in [2.75, 3.05) is 39.8 Å². The average Bonchev–Trinajstić information content (AvgIpc) is 2.69. The van der Waals surface area contributed by atoms with Crippen molar-refractivity contribution in [2.45, 2.75) is 25.9 Å². The maximum absolute atomic E-state index is 5.30. The summed E-state index contributed by atoms with van der Waals surface area (Å²) < 4.78 is 10.5. The normalized spacial score (nSPS) is 11.7. The van der Waals surface area contributed by atoms with Gasteiger partial charge in [-0.15, -0.1) is 0 Å². The lowest BCUT2D eigenvalue weighted by atomic mass is 10.1. The number of hydrogen-bond acceptors (Lipinski definition) is 6. The van der Waals surface area contributed by atoms with E-state index in [2.05, 4.69) is 24.1 Å². The molecule has 0 aliphatic carbocycles. The largest absolute Gasteiger partial charge is 0.480 e. The summed E-state index contributed by atoms with van der Waals surface area (Å²) >= 11 is 1.64. The number of anilines is 1. The highest BCUT2D eigenvalue weighted by molar-refractivity contribution is 7.15. The summed E-state index contributed by atoms with van der Waals surface area (Å²) in [5.41, 5.74) is -0.0674. The van der Waals surface area contributed by atoms with Crippen LogP contribution in [0.4, 0.5) is 5.13 Å². The van der Waals surface area contributed by atoms with Crippen molar-refractivity contribution in [1.82, 2.24) is 10.3 Å². The smallest absolute Gasteiger partial charge is 0.230 e. The average molecular weight is 273 g/mol. The quantitative estimate of drug-likeness (QED) is 0.820. The highest BCUT2D eigenvalue weighted by atomic mass is 32.1. The Morgan fingerprint density at radius 2 is 2.00 bits per heavy atom. The Bertz CT molecular complexity index is 377. The molecule has 18 heavy (non-hydrogen) atoms. The zero-order valence-corrected chi connectivity index (χ0v) is 12.8. The predicted octanol–water partition coefficient (Wildman–Crippen LogP) is 1.73. The minimum absolute atomic E-state index is 0.0674. The van der Waals surface area contributed by atoms with Crippen LogP contribution in [0.2, 0.25) is 0 Å². The standard InChI is InChI=1S/C12H23N3O2S/c1-12(2,8-16-5)13-7-9-10(17-6)14-11(18-9)15(3)4/h13H,7-8H2,1-6H3. The third-order valence-electron chi connectivity index (χ3n) is 2.46. The molecule has 0 radical (unpaired) electrons. The van der Waals surface area contributed by atoms with E-state index in [1.165, 1.54) is 0 Å². The molecule has 0 aliphatic rings. The summed E-state index contributed by atoms with van der Waals surface area (Å²) in [5.74, 6) is 0.699. The molecule has 1 aromatic rings. The Morgan fingerprint density at radius 1 is 1.33 bits per heavy atom. The van der Waals surface area contributed by atoms with Gasteiger partial charge in [-0.2, -0.15) is 4.98 Å². The van der Waals surface area contributed by atoms with Crippen molar-refractivity contribution >= 4 is 16.5 Å². The van der Waals surface area contributed by atoms with Crippen LogP contribution in [-0.4, -0.2) is 45.4 Å². The van der Waals surface area contributed by atoms with Gasteiger partial charge in [0.1, 0.15) is 0 Å². The van der Waals surface area contributed by atoms with Crippen molar-refractivity contribution in [3.63, 3.8) is 0 Å². The topological polar surface area (TPSA) is 46.6 Å². The number of hydrogen-bond donors (Lipinski definition) is 1. The molecular weight excluding hydrogens is 250 g/mol. The number of nitrogens with one attached hydrogen (secondary N) is 1. The Hall–Kier alpha value is -0.850. The summed E-state index contributed by atoms with van der Waals surface area (Å²) in [5, 5.41) is 4.40. The van der Waals surface area contributed by atoms with Crippen LogP contribution in [-0.2, 0) is 11.3 Å². The summed E-state index contributed by atoms with van der Waals surface area (Å²) in [6.45, 7) is 5.60. The van der Waals surface area contributed by atoms with E-state index in [4.69, 9.17) is 9.47 Å². The van der Waals surface area contributed by atoms with Gasteiger partial charge in [0, 0.05) is 33.3 Å². The first-order valence-corrected chi connectivity index (χ1v) is 6.66. The highest BCUT2D eigenvalue weighted by Gasteiger charge is 2.19. The minimum atomic E-state index is -0.0674. The lowest BCUT2D eigenvalue weighted by molar-refractivity contribution is 0.128. The maximum atomic E-state index is 5.30. The van der Waals surface area contributed by atoms with Gasteiger partial charge in [0.05, 0.1) is 18.6 Å². The van der Waals surface area contributed by atoms with Gasteiger partial charge >= 0.3 is 0 Å². The van der Waals surface area contributed by atoms with Crippen LogP contribution >= 0.6 is 11.3 Å². The molecule has 0 amide bonds. The lowest BCUT2D eigenvalue weighted by Crippen LogP contribution is -2.42. The fraction of sp³-hybridized carbons (Fsp3) is 0.750. The number of rotatable bonds is 7. The van der Waals surface area contributed by atoms with Gasteiger partial charge in [0.25, 0.3) is 0 Å². The van der Waals surface area contributed by atoms with Gasteiger partial charge in [-0.05, 0) is 13.8 Å². The third-order valence-corrected chi connectivity index (χ3v) is 3.66. The Kier molecular flexibility index (Phi) is 5.37. The summed E-state index contributed by atoms with van der Waals surface area (Å²) in [7, 11) is 7.31. The number of ether oxygens (including phenoxy) is 2. The first-order valence-electron chi connectivity index (χ1n) is 5.84. The van der Waals surface area contributed by atoms with Crippen LogP contribution in [0.25, 0.3) is 0 Å². The van der Waals surface area contributed by atoms with Crippen LogP contribution in [0.5, 0.6) is 5.88 Å². The van der Waals surface area contributed by atoms with Crippen molar-refractivity contribution in [3.05, 3.63) is 4.88 Å².